The van der Waals surface area contributed by atoms with Gasteiger partial charge in [0.2, 0.25) is 0 Å². The molecule has 112 valence electrons. The SMILES string of the molecule is CCNC(Cc1ccccc1OC)c1ccc(F)c(Br)c1. The highest BCUT2D eigenvalue weighted by Gasteiger charge is 2.15. The van der Waals surface area contributed by atoms with Crippen molar-refractivity contribution in [2.45, 2.75) is 19.4 Å². The van der Waals surface area contributed by atoms with Crippen molar-refractivity contribution >= 4 is 15.9 Å². The number of methoxy groups -OCH3 is 1. The number of nitrogens with one attached hydrogen (secondary N) is 1. The lowest BCUT2D eigenvalue weighted by Gasteiger charge is -2.20. The zero-order valence-corrected chi connectivity index (χ0v) is 13.8. The zero-order chi connectivity index (χ0) is 15.2. The molecule has 0 saturated carbocycles. The number of ether oxygens (including phenoxy) is 1. The van der Waals surface area contributed by atoms with E-state index in [-0.39, 0.29) is 11.9 Å². The average Bonchev–Trinajstić information content (AvgIpc) is 2.50. The first-order chi connectivity index (χ1) is 10.2. The first-order valence-corrected chi connectivity index (χ1v) is 7.75. The molecule has 0 aliphatic rings. The normalized spacial score (nSPS) is 12.2. The Hall–Kier alpha value is -1.39. The van der Waals surface area contributed by atoms with Crippen molar-refractivity contribution in [3.8, 4) is 5.75 Å². The number of benzene rings is 2. The van der Waals surface area contributed by atoms with E-state index in [0.29, 0.717) is 4.47 Å². The predicted molar refractivity (Wildman–Crippen MR) is 87.2 cm³/mol. The fourth-order valence-electron chi connectivity index (χ4n) is 2.37. The van der Waals surface area contributed by atoms with Gasteiger partial charge in [0.25, 0.3) is 0 Å². The van der Waals surface area contributed by atoms with E-state index in [1.54, 1.807) is 7.11 Å². The van der Waals surface area contributed by atoms with Gasteiger partial charge in [-0.05, 0) is 58.2 Å². The third kappa shape index (κ3) is 4.05. The summed E-state index contributed by atoms with van der Waals surface area (Å²) >= 11 is 3.25. The van der Waals surface area contributed by atoms with Gasteiger partial charge < -0.3 is 10.1 Å². The molecule has 0 spiro atoms. The summed E-state index contributed by atoms with van der Waals surface area (Å²) in [6.45, 7) is 2.91. The topological polar surface area (TPSA) is 21.3 Å². The highest BCUT2D eigenvalue weighted by atomic mass is 79.9. The minimum Gasteiger partial charge on any atom is -0.496 e. The Balaban J connectivity index is 2.28. The maximum Gasteiger partial charge on any atom is 0.137 e. The Labute approximate surface area is 133 Å². The second-order valence-electron chi connectivity index (χ2n) is 4.80. The van der Waals surface area contributed by atoms with Crippen molar-refractivity contribution in [1.29, 1.82) is 0 Å². The summed E-state index contributed by atoms with van der Waals surface area (Å²) in [6, 6.07) is 13.2. The fraction of sp³-hybridized carbons (Fsp3) is 0.294. The molecular weight excluding hydrogens is 333 g/mol. The Kier molecular flexibility index (Phi) is 5.76. The van der Waals surface area contributed by atoms with E-state index in [0.717, 1.165) is 29.8 Å². The van der Waals surface area contributed by atoms with Gasteiger partial charge in [0, 0.05) is 6.04 Å². The lowest BCUT2D eigenvalue weighted by molar-refractivity contribution is 0.405. The molecule has 2 aromatic carbocycles. The fourth-order valence-corrected chi connectivity index (χ4v) is 2.77. The van der Waals surface area contributed by atoms with E-state index >= 15 is 0 Å². The summed E-state index contributed by atoms with van der Waals surface area (Å²) < 4.78 is 19.3. The second kappa shape index (κ2) is 7.57. The minimum absolute atomic E-state index is 0.114. The first kappa shape index (κ1) is 16.0. The van der Waals surface area contributed by atoms with Crippen LogP contribution in [0.15, 0.2) is 46.9 Å². The summed E-state index contributed by atoms with van der Waals surface area (Å²) in [5, 5.41) is 3.45. The molecule has 2 aromatic rings. The van der Waals surface area contributed by atoms with E-state index in [1.165, 1.54) is 6.07 Å². The van der Waals surface area contributed by atoms with Crippen molar-refractivity contribution in [2.75, 3.05) is 13.7 Å². The molecular formula is C17H19BrFNO. The van der Waals surface area contributed by atoms with E-state index in [2.05, 4.69) is 34.2 Å². The molecule has 1 N–H and O–H groups in total. The zero-order valence-electron chi connectivity index (χ0n) is 12.2. The van der Waals surface area contributed by atoms with Gasteiger partial charge in [-0.1, -0.05) is 31.2 Å². The molecule has 0 heterocycles. The Bertz CT molecular complexity index is 603. The number of hydrogen-bond acceptors (Lipinski definition) is 2. The average molecular weight is 352 g/mol. The Morgan fingerprint density at radius 3 is 2.67 bits per heavy atom. The number of para-hydroxylation sites is 1. The van der Waals surface area contributed by atoms with Gasteiger partial charge in [0.05, 0.1) is 11.6 Å². The Morgan fingerprint density at radius 2 is 2.00 bits per heavy atom. The van der Waals surface area contributed by atoms with Gasteiger partial charge in [0.15, 0.2) is 0 Å². The summed E-state index contributed by atoms with van der Waals surface area (Å²) in [5.41, 5.74) is 2.18. The third-order valence-corrected chi connectivity index (χ3v) is 4.02. The van der Waals surface area contributed by atoms with Crippen molar-refractivity contribution in [3.63, 3.8) is 0 Å². The van der Waals surface area contributed by atoms with Crippen LogP contribution in [-0.2, 0) is 6.42 Å². The van der Waals surface area contributed by atoms with Gasteiger partial charge in [-0.15, -0.1) is 0 Å². The third-order valence-electron chi connectivity index (χ3n) is 3.41. The molecule has 21 heavy (non-hydrogen) atoms. The number of hydrogen-bond donors (Lipinski definition) is 1. The van der Waals surface area contributed by atoms with Crippen molar-refractivity contribution in [1.82, 2.24) is 5.32 Å². The van der Waals surface area contributed by atoms with Crippen molar-refractivity contribution in [2.24, 2.45) is 0 Å². The summed E-state index contributed by atoms with van der Waals surface area (Å²) in [7, 11) is 1.68. The van der Waals surface area contributed by atoms with E-state index in [4.69, 9.17) is 4.74 Å². The van der Waals surface area contributed by atoms with Gasteiger partial charge >= 0.3 is 0 Å². The standard InChI is InChI=1S/C17H19BrFNO/c1-3-20-16(12-8-9-15(19)14(18)10-12)11-13-6-4-5-7-17(13)21-2/h4-10,16,20H,3,11H2,1-2H3. The molecule has 2 rings (SSSR count). The van der Waals surface area contributed by atoms with Crippen LogP contribution in [0.4, 0.5) is 4.39 Å². The number of likely N-dealkylation sites (N-methyl/N-ethyl adjacent to an activating group) is 1. The molecule has 1 atom stereocenters. The molecule has 0 bridgehead atoms. The van der Waals surface area contributed by atoms with Gasteiger partial charge in [-0.3, -0.25) is 0 Å². The second-order valence-corrected chi connectivity index (χ2v) is 5.65. The van der Waals surface area contributed by atoms with Crippen LogP contribution < -0.4 is 10.1 Å². The highest BCUT2D eigenvalue weighted by Crippen LogP contribution is 2.27. The van der Waals surface area contributed by atoms with Crippen LogP contribution in [0.25, 0.3) is 0 Å². The minimum atomic E-state index is -0.244. The summed E-state index contributed by atoms with van der Waals surface area (Å²) in [4.78, 5) is 0. The Morgan fingerprint density at radius 1 is 1.24 bits per heavy atom. The molecule has 0 saturated heterocycles. The first-order valence-electron chi connectivity index (χ1n) is 6.96. The lowest BCUT2D eigenvalue weighted by atomic mass is 9.98. The smallest absolute Gasteiger partial charge is 0.137 e. The molecule has 0 aliphatic carbocycles. The monoisotopic (exact) mass is 351 g/mol. The molecule has 4 heteroatoms. The van der Waals surface area contributed by atoms with Crippen molar-refractivity contribution in [3.05, 3.63) is 63.9 Å². The molecule has 0 aromatic heterocycles. The molecule has 0 amide bonds. The van der Waals surface area contributed by atoms with E-state index in [1.807, 2.05) is 30.3 Å². The van der Waals surface area contributed by atoms with Crippen LogP contribution in [0.1, 0.15) is 24.1 Å². The van der Waals surface area contributed by atoms with Crippen LogP contribution in [-0.4, -0.2) is 13.7 Å². The van der Waals surface area contributed by atoms with Crippen LogP contribution >= 0.6 is 15.9 Å². The molecule has 2 nitrogen and oxygen atoms in total. The molecule has 0 aliphatic heterocycles. The quantitative estimate of drug-likeness (QED) is 0.827. The predicted octanol–water partition coefficient (Wildman–Crippen LogP) is 4.49. The maximum atomic E-state index is 13.4. The number of halogens is 2. The van der Waals surface area contributed by atoms with E-state index in [9.17, 15) is 4.39 Å². The molecule has 0 radical (unpaired) electrons. The van der Waals surface area contributed by atoms with Crippen LogP contribution in [0.5, 0.6) is 5.75 Å². The summed E-state index contributed by atoms with van der Waals surface area (Å²) in [6.07, 6.45) is 0.788. The van der Waals surface area contributed by atoms with Gasteiger partial charge in [-0.25, -0.2) is 4.39 Å². The summed E-state index contributed by atoms with van der Waals surface area (Å²) in [5.74, 6) is 0.632. The largest absolute Gasteiger partial charge is 0.496 e. The number of rotatable bonds is 6. The highest BCUT2D eigenvalue weighted by molar-refractivity contribution is 9.10. The van der Waals surface area contributed by atoms with Crippen LogP contribution in [0.2, 0.25) is 0 Å². The van der Waals surface area contributed by atoms with Crippen molar-refractivity contribution < 1.29 is 9.13 Å². The lowest BCUT2D eigenvalue weighted by Crippen LogP contribution is -2.23. The van der Waals surface area contributed by atoms with E-state index < -0.39 is 0 Å². The molecule has 0 fully saturated rings. The van der Waals surface area contributed by atoms with Gasteiger partial charge in [0.1, 0.15) is 11.6 Å². The van der Waals surface area contributed by atoms with Crippen LogP contribution in [0.3, 0.4) is 0 Å². The maximum absolute atomic E-state index is 13.4. The molecule has 1 unspecified atom stereocenters. The van der Waals surface area contributed by atoms with Gasteiger partial charge in [-0.2, -0.15) is 0 Å². The van der Waals surface area contributed by atoms with Crippen LogP contribution in [0, 0.1) is 5.82 Å².